The van der Waals surface area contributed by atoms with Crippen molar-refractivity contribution in [3.63, 3.8) is 0 Å². The Morgan fingerprint density at radius 2 is 1.53 bits per heavy atom. The lowest BCUT2D eigenvalue weighted by atomic mass is 9.85. The van der Waals surface area contributed by atoms with Gasteiger partial charge < -0.3 is 0 Å². The highest BCUT2D eigenvalue weighted by Crippen LogP contribution is 2.25. The third-order valence-corrected chi connectivity index (χ3v) is 5.01. The second-order valence-electron chi connectivity index (χ2n) is 6.93. The molecule has 3 atom stereocenters. The van der Waals surface area contributed by atoms with Gasteiger partial charge in [0.15, 0.2) is 0 Å². The van der Waals surface area contributed by atoms with E-state index in [1.165, 1.54) is 38.5 Å². The van der Waals surface area contributed by atoms with Crippen LogP contribution in [0.25, 0.3) is 0 Å². The van der Waals surface area contributed by atoms with Crippen LogP contribution in [0.2, 0.25) is 0 Å². The fourth-order valence-corrected chi connectivity index (χ4v) is 2.77. The minimum atomic E-state index is 0.765. The standard InChI is InChI=1S/C19H38/c1-8-17(6)18(7)12-10-11-16(5)13-14-19(9-2)15(3)4/h12,15-17,19H,8-11,13-14H2,1-7H3. The summed E-state index contributed by atoms with van der Waals surface area (Å²) in [5.41, 5.74) is 1.59. The first-order chi connectivity index (χ1) is 8.92. The van der Waals surface area contributed by atoms with Gasteiger partial charge in [-0.15, -0.1) is 0 Å². The first kappa shape index (κ1) is 18.7. The molecule has 0 heterocycles. The van der Waals surface area contributed by atoms with Crippen LogP contribution in [0.1, 0.15) is 87.0 Å². The third kappa shape index (κ3) is 8.50. The molecule has 0 aromatic heterocycles. The van der Waals surface area contributed by atoms with Crippen LogP contribution in [0, 0.1) is 23.7 Å². The van der Waals surface area contributed by atoms with Crippen molar-refractivity contribution in [2.75, 3.05) is 0 Å². The van der Waals surface area contributed by atoms with E-state index in [2.05, 4.69) is 54.5 Å². The van der Waals surface area contributed by atoms with Crippen molar-refractivity contribution in [2.24, 2.45) is 23.7 Å². The molecule has 0 aliphatic carbocycles. The van der Waals surface area contributed by atoms with Gasteiger partial charge in [-0.05, 0) is 56.3 Å². The van der Waals surface area contributed by atoms with Gasteiger partial charge in [-0.2, -0.15) is 0 Å². The van der Waals surface area contributed by atoms with E-state index < -0.39 is 0 Å². The van der Waals surface area contributed by atoms with Gasteiger partial charge >= 0.3 is 0 Å². The zero-order valence-corrected chi connectivity index (χ0v) is 14.6. The number of hydrogen-bond donors (Lipinski definition) is 0. The Balaban J connectivity index is 3.90. The molecule has 0 aromatic carbocycles. The monoisotopic (exact) mass is 266 g/mol. The van der Waals surface area contributed by atoms with Gasteiger partial charge in [-0.3, -0.25) is 0 Å². The second kappa shape index (κ2) is 10.5. The van der Waals surface area contributed by atoms with E-state index >= 15 is 0 Å². The second-order valence-corrected chi connectivity index (χ2v) is 6.93. The van der Waals surface area contributed by atoms with Crippen molar-refractivity contribution in [3.8, 4) is 0 Å². The average Bonchev–Trinajstić information content (AvgIpc) is 2.37. The molecule has 0 fully saturated rings. The summed E-state index contributed by atoms with van der Waals surface area (Å²) in [5.74, 6) is 3.43. The zero-order chi connectivity index (χ0) is 14.8. The van der Waals surface area contributed by atoms with E-state index in [0.717, 1.165) is 23.7 Å². The molecule has 0 radical (unpaired) electrons. The smallest absolute Gasteiger partial charge is 0.0237 e. The molecule has 114 valence electrons. The molecule has 19 heavy (non-hydrogen) atoms. The summed E-state index contributed by atoms with van der Waals surface area (Å²) < 4.78 is 0. The summed E-state index contributed by atoms with van der Waals surface area (Å²) in [6, 6.07) is 0. The SMILES string of the molecule is CCC(C)C(C)=CCCC(C)CCC(CC)C(C)C. The fraction of sp³-hybridized carbons (Fsp3) is 0.895. The Hall–Kier alpha value is -0.260. The van der Waals surface area contributed by atoms with Crippen LogP contribution < -0.4 is 0 Å². The van der Waals surface area contributed by atoms with E-state index in [4.69, 9.17) is 0 Å². The molecule has 0 aromatic rings. The lowest BCUT2D eigenvalue weighted by Crippen LogP contribution is -2.09. The molecule has 0 aliphatic rings. The maximum absolute atomic E-state index is 2.48. The lowest BCUT2D eigenvalue weighted by Gasteiger charge is -2.21. The van der Waals surface area contributed by atoms with Gasteiger partial charge in [0.05, 0.1) is 0 Å². The Morgan fingerprint density at radius 3 is 2.00 bits per heavy atom. The molecule has 0 N–H and O–H groups in total. The van der Waals surface area contributed by atoms with Crippen molar-refractivity contribution in [1.82, 2.24) is 0 Å². The number of rotatable bonds is 10. The Morgan fingerprint density at radius 1 is 0.895 bits per heavy atom. The highest BCUT2D eigenvalue weighted by atomic mass is 14.2. The van der Waals surface area contributed by atoms with Crippen LogP contribution in [0.4, 0.5) is 0 Å². The lowest BCUT2D eigenvalue weighted by molar-refractivity contribution is 0.312. The molecule has 0 heteroatoms. The Kier molecular flexibility index (Phi) is 10.4. The summed E-state index contributed by atoms with van der Waals surface area (Å²) in [6.45, 7) is 16.4. The van der Waals surface area contributed by atoms with Crippen molar-refractivity contribution in [3.05, 3.63) is 11.6 Å². The van der Waals surface area contributed by atoms with Crippen LogP contribution in [-0.2, 0) is 0 Å². The molecule has 3 unspecified atom stereocenters. The van der Waals surface area contributed by atoms with Gasteiger partial charge in [0, 0.05) is 0 Å². The zero-order valence-electron chi connectivity index (χ0n) is 14.6. The molecule has 0 bridgehead atoms. The predicted octanol–water partition coefficient (Wildman–Crippen LogP) is 6.86. The first-order valence-corrected chi connectivity index (χ1v) is 8.58. The van der Waals surface area contributed by atoms with E-state index in [-0.39, 0.29) is 0 Å². The van der Waals surface area contributed by atoms with Gasteiger partial charge in [0.2, 0.25) is 0 Å². The molecule has 0 amide bonds. The first-order valence-electron chi connectivity index (χ1n) is 8.58. The van der Waals surface area contributed by atoms with E-state index in [1.54, 1.807) is 5.57 Å². The largest absolute Gasteiger partial charge is 0.0853 e. The van der Waals surface area contributed by atoms with E-state index in [1.807, 2.05) is 0 Å². The van der Waals surface area contributed by atoms with Crippen molar-refractivity contribution in [1.29, 1.82) is 0 Å². The van der Waals surface area contributed by atoms with Crippen LogP contribution in [0.15, 0.2) is 11.6 Å². The minimum Gasteiger partial charge on any atom is -0.0853 e. The summed E-state index contributed by atoms with van der Waals surface area (Å²) in [4.78, 5) is 0. The molecular formula is C19H38. The average molecular weight is 267 g/mol. The van der Waals surface area contributed by atoms with Gasteiger partial charge in [-0.25, -0.2) is 0 Å². The molecule has 0 saturated heterocycles. The van der Waals surface area contributed by atoms with Crippen LogP contribution in [0.5, 0.6) is 0 Å². The molecule has 0 saturated carbocycles. The van der Waals surface area contributed by atoms with Crippen LogP contribution in [0.3, 0.4) is 0 Å². The van der Waals surface area contributed by atoms with E-state index in [0.29, 0.717) is 0 Å². The van der Waals surface area contributed by atoms with Gasteiger partial charge in [0.1, 0.15) is 0 Å². The van der Waals surface area contributed by atoms with Crippen molar-refractivity contribution in [2.45, 2.75) is 87.0 Å². The van der Waals surface area contributed by atoms with E-state index in [9.17, 15) is 0 Å². The maximum atomic E-state index is 2.48. The van der Waals surface area contributed by atoms with Crippen LogP contribution in [-0.4, -0.2) is 0 Å². The van der Waals surface area contributed by atoms with Crippen molar-refractivity contribution < 1.29 is 0 Å². The number of allylic oxidation sites excluding steroid dienone is 2. The number of hydrogen-bond acceptors (Lipinski definition) is 0. The summed E-state index contributed by atoms with van der Waals surface area (Å²) in [6.07, 6.45) is 10.6. The maximum Gasteiger partial charge on any atom is -0.0237 e. The molecule has 0 spiro atoms. The normalized spacial score (nSPS) is 17.6. The highest BCUT2D eigenvalue weighted by molar-refractivity contribution is 5.01. The fourth-order valence-electron chi connectivity index (χ4n) is 2.77. The summed E-state index contributed by atoms with van der Waals surface area (Å²) in [5, 5.41) is 0. The summed E-state index contributed by atoms with van der Waals surface area (Å²) in [7, 11) is 0. The molecular weight excluding hydrogens is 228 g/mol. The minimum absolute atomic E-state index is 0.765. The Labute approximate surface area is 123 Å². The highest BCUT2D eigenvalue weighted by Gasteiger charge is 2.12. The molecule has 0 aliphatic heterocycles. The predicted molar refractivity (Wildman–Crippen MR) is 89.5 cm³/mol. The topological polar surface area (TPSA) is 0 Å². The molecule has 0 nitrogen and oxygen atoms in total. The third-order valence-electron chi connectivity index (χ3n) is 5.01. The van der Waals surface area contributed by atoms with Gasteiger partial charge in [0.25, 0.3) is 0 Å². The summed E-state index contributed by atoms with van der Waals surface area (Å²) >= 11 is 0. The molecule has 0 rings (SSSR count). The van der Waals surface area contributed by atoms with Gasteiger partial charge in [-0.1, -0.05) is 66.0 Å². The Bertz CT molecular complexity index is 236. The van der Waals surface area contributed by atoms with Crippen LogP contribution >= 0.6 is 0 Å². The quantitative estimate of drug-likeness (QED) is 0.379. The van der Waals surface area contributed by atoms with Crippen molar-refractivity contribution >= 4 is 0 Å².